The number of benzene rings is 10. The first-order chi connectivity index (χ1) is 38.5. The van der Waals surface area contributed by atoms with Crippen molar-refractivity contribution in [3.05, 3.63) is 247 Å². The van der Waals surface area contributed by atoms with Gasteiger partial charge in [-0.05, 0) is 143 Å². The van der Waals surface area contributed by atoms with Crippen LogP contribution in [0.3, 0.4) is 0 Å². The minimum absolute atomic E-state index is 0.322. The summed E-state index contributed by atoms with van der Waals surface area (Å²) in [7, 11) is 0. The van der Waals surface area contributed by atoms with E-state index in [1.165, 1.54) is 65.5 Å². The Balaban J connectivity index is 0.843. The summed E-state index contributed by atoms with van der Waals surface area (Å²) in [5.74, 6) is 0. The molecule has 0 aliphatic heterocycles. The van der Waals surface area contributed by atoms with Gasteiger partial charge in [0, 0.05) is 91.5 Å². The van der Waals surface area contributed by atoms with Crippen LogP contribution in [-0.2, 0) is 6.54 Å². The van der Waals surface area contributed by atoms with E-state index in [9.17, 15) is 4.79 Å². The van der Waals surface area contributed by atoms with Crippen LogP contribution in [0.15, 0.2) is 240 Å². The van der Waals surface area contributed by atoms with Gasteiger partial charge in [0.15, 0.2) is 0 Å². The molecule has 0 saturated carbocycles. The van der Waals surface area contributed by atoms with E-state index in [4.69, 9.17) is 4.42 Å². The molecule has 0 saturated heterocycles. The normalized spacial score (nSPS) is 11.9. The fourth-order valence-corrected chi connectivity index (χ4v) is 12.2. The number of para-hydroxylation sites is 4. The van der Waals surface area contributed by atoms with Crippen LogP contribution >= 0.6 is 0 Å². The molecule has 6 nitrogen and oxygen atoms in total. The van der Waals surface area contributed by atoms with Crippen molar-refractivity contribution in [2.45, 2.75) is 46.1 Å². The van der Waals surface area contributed by atoms with E-state index >= 15 is 0 Å². The third-order valence-corrected chi connectivity index (χ3v) is 16.2. The third kappa shape index (κ3) is 8.15. The number of aromatic nitrogens is 3. The van der Waals surface area contributed by atoms with Crippen LogP contribution in [0.4, 0.5) is 5.69 Å². The molecule has 10 aromatic carbocycles. The van der Waals surface area contributed by atoms with Crippen LogP contribution in [-0.4, -0.2) is 26.8 Å². The Kier molecular flexibility index (Phi) is 11.9. The van der Waals surface area contributed by atoms with Crippen LogP contribution in [0, 0.1) is 0 Å². The molecule has 4 heterocycles. The topological polar surface area (TPSA) is 48.2 Å². The third-order valence-electron chi connectivity index (χ3n) is 16.2. The van der Waals surface area contributed by atoms with Gasteiger partial charge in [0.1, 0.15) is 5.58 Å². The molecule has 0 amide bonds. The maximum absolute atomic E-state index is 13.7. The predicted molar refractivity (Wildman–Crippen MR) is 328 cm³/mol. The zero-order valence-corrected chi connectivity index (χ0v) is 44.0. The van der Waals surface area contributed by atoms with Crippen LogP contribution in [0.2, 0.25) is 0 Å². The maximum atomic E-state index is 13.7. The van der Waals surface area contributed by atoms with E-state index in [-0.39, 0.29) is 5.63 Å². The number of hydrogen-bond acceptors (Lipinski definition) is 3. The minimum Gasteiger partial charge on any atom is -0.422 e. The lowest BCUT2D eigenvalue weighted by Gasteiger charge is -2.24. The zero-order valence-electron chi connectivity index (χ0n) is 44.0. The van der Waals surface area contributed by atoms with Crippen molar-refractivity contribution in [3.8, 4) is 44.8 Å². The first-order valence-electron chi connectivity index (χ1n) is 27.7. The fourth-order valence-electron chi connectivity index (χ4n) is 12.2. The average molecular weight is 1010 g/mol. The van der Waals surface area contributed by atoms with Gasteiger partial charge in [-0.15, -0.1) is 0 Å². The lowest BCUT2D eigenvalue weighted by atomic mass is 9.99. The van der Waals surface area contributed by atoms with Gasteiger partial charge in [-0.3, -0.25) is 0 Å². The van der Waals surface area contributed by atoms with E-state index in [0.717, 1.165) is 94.5 Å². The van der Waals surface area contributed by atoms with Gasteiger partial charge >= 0.3 is 5.63 Å². The van der Waals surface area contributed by atoms with Gasteiger partial charge in [-0.2, -0.15) is 0 Å². The second-order valence-electron chi connectivity index (χ2n) is 20.9. The Morgan fingerprint density at radius 3 is 1.44 bits per heavy atom. The van der Waals surface area contributed by atoms with Gasteiger partial charge < -0.3 is 23.0 Å². The summed E-state index contributed by atoms with van der Waals surface area (Å²) in [5.41, 5.74) is 18.0. The molecule has 14 rings (SSSR count). The predicted octanol–water partition coefficient (Wildman–Crippen LogP) is 18.6. The number of fused-ring (bicyclic) bond motifs is 10. The number of hydrogen-bond donors (Lipinski definition) is 0. The summed E-state index contributed by atoms with van der Waals surface area (Å²) in [4.78, 5) is 16.1. The standard InChI is InChI=1S/C72H58N4O2/c1-3-5-40-73(41-6-4-2)57-36-30-54-45-61(72(77)78-71(54)46-57)50-26-24-48(25-27-50)47-74-65-37-31-51(49-28-34-56(35-29-49)76-67-21-13-10-18-58(67)59-19-11-14-22-68(59)76)42-63(65)64-44-52(32-38-66(64)74)53-33-39-70-62(43-53)60-20-12-15-23-69(60)75(70)55-16-8-7-9-17-55/h7-39,42-46H,3-6,40-41,47H2,1-2H3. The van der Waals surface area contributed by atoms with Crippen molar-refractivity contribution < 1.29 is 4.42 Å². The van der Waals surface area contributed by atoms with Gasteiger partial charge in [0.2, 0.25) is 0 Å². The number of unbranched alkanes of at least 4 members (excludes halogenated alkanes) is 2. The Bertz CT molecular complexity index is 4570. The molecule has 0 aliphatic carbocycles. The lowest BCUT2D eigenvalue weighted by molar-refractivity contribution is 0.563. The molecular weight excluding hydrogens is 953 g/mol. The molecule has 14 aromatic rings. The molecule has 4 aromatic heterocycles. The minimum atomic E-state index is -0.322. The highest BCUT2D eigenvalue weighted by atomic mass is 16.4. The Morgan fingerprint density at radius 1 is 0.397 bits per heavy atom. The fraction of sp³-hybridized carbons (Fsp3) is 0.125. The SMILES string of the molecule is CCCCN(CCCC)c1ccc2cc(-c3ccc(Cn4c5ccc(-c6ccc(-n7c8ccccc8c8ccccc87)cc6)cc5c5cc(-c6ccc7c(c6)c6ccccc6n7-c6ccccc6)ccc54)cc3)c(=O)oc2c1. The summed E-state index contributed by atoms with van der Waals surface area (Å²) in [6.45, 7) is 7.09. The summed E-state index contributed by atoms with van der Waals surface area (Å²) >= 11 is 0. The maximum Gasteiger partial charge on any atom is 0.344 e. The van der Waals surface area contributed by atoms with E-state index in [1.807, 2.05) is 12.1 Å². The quantitative estimate of drug-likeness (QED) is 0.102. The van der Waals surface area contributed by atoms with E-state index in [2.05, 4.69) is 251 Å². The molecule has 378 valence electrons. The van der Waals surface area contributed by atoms with E-state index < -0.39 is 0 Å². The summed E-state index contributed by atoms with van der Waals surface area (Å²) < 4.78 is 13.3. The molecular formula is C72H58N4O2. The van der Waals surface area contributed by atoms with Crippen molar-refractivity contribution in [1.29, 1.82) is 0 Å². The summed E-state index contributed by atoms with van der Waals surface area (Å²) in [6, 6.07) is 83.3. The number of anilines is 1. The van der Waals surface area contributed by atoms with Crippen molar-refractivity contribution in [2.24, 2.45) is 0 Å². The first-order valence-corrected chi connectivity index (χ1v) is 27.7. The van der Waals surface area contributed by atoms with Crippen LogP contribution < -0.4 is 10.5 Å². The Morgan fingerprint density at radius 2 is 0.859 bits per heavy atom. The Hall–Kier alpha value is -9.39. The van der Waals surface area contributed by atoms with Crippen molar-refractivity contribution in [1.82, 2.24) is 13.7 Å². The summed E-state index contributed by atoms with van der Waals surface area (Å²) in [6.07, 6.45) is 4.53. The smallest absolute Gasteiger partial charge is 0.344 e. The molecule has 78 heavy (non-hydrogen) atoms. The highest BCUT2D eigenvalue weighted by molar-refractivity contribution is 6.13. The van der Waals surface area contributed by atoms with Crippen LogP contribution in [0.25, 0.3) is 121 Å². The molecule has 0 N–H and O–H groups in total. The van der Waals surface area contributed by atoms with Crippen molar-refractivity contribution in [2.75, 3.05) is 18.0 Å². The zero-order chi connectivity index (χ0) is 52.3. The number of nitrogens with zero attached hydrogens (tertiary/aromatic N) is 4. The van der Waals surface area contributed by atoms with Gasteiger partial charge in [0.25, 0.3) is 0 Å². The van der Waals surface area contributed by atoms with Crippen molar-refractivity contribution >= 4 is 82.1 Å². The molecule has 6 heteroatoms. The molecule has 0 fully saturated rings. The van der Waals surface area contributed by atoms with Crippen LogP contribution in [0.1, 0.15) is 45.1 Å². The average Bonchev–Trinajstić information content (AvgIpc) is 4.30. The highest BCUT2D eigenvalue weighted by Gasteiger charge is 2.19. The Labute approximate surface area is 453 Å². The largest absolute Gasteiger partial charge is 0.422 e. The van der Waals surface area contributed by atoms with Gasteiger partial charge in [-0.25, -0.2) is 4.79 Å². The van der Waals surface area contributed by atoms with E-state index in [1.54, 1.807) is 0 Å². The molecule has 0 unspecified atom stereocenters. The first kappa shape index (κ1) is 47.1. The molecule has 0 aliphatic rings. The second kappa shape index (κ2) is 19.6. The highest BCUT2D eigenvalue weighted by Crippen LogP contribution is 2.40. The van der Waals surface area contributed by atoms with Gasteiger partial charge in [-0.1, -0.05) is 154 Å². The molecule has 0 radical (unpaired) electrons. The van der Waals surface area contributed by atoms with E-state index in [0.29, 0.717) is 17.7 Å². The molecule has 0 spiro atoms. The number of rotatable bonds is 14. The summed E-state index contributed by atoms with van der Waals surface area (Å²) in [5, 5.41) is 8.30. The monoisotopic (exact) mass is 1010 g/mol. The molecule has 0 atom stereocenters. The lowest BCUT2D eigenvalue weighted by Crippen LogP contribution is -2.25. The van der Waals surface area contributed by atoms with Crippen LogP contribution in [0.5, 0.6) is 0 Å². The van der Waals surface area contributed by atoms with Gasteiger partial charge in [0.05, 0.1) is 27.6 Å². The van der Waals surface area contributed by atoms with Crippen molar-refractivity contribution in [3.63, 3.8) is 0 Å². The molecule has 0 bridgehead atoms. The second-order valence-corrected chi connectivity index (χ2v) is 20.9.